The molecule has 10 heteroatoms. The van der Waals surface area contributed by atoms with Gasteiger partial charge in [-0.2, -0.15) is 0 Å². The zero-order valence-corrected chi connectivity index (χ0v) is 23.5. The monoisotopic (exact) mass is 555 g/mol. The number of benzene rings is 2. The highest BCUT2D eigenvalue weighted by Crippen LogP contribution is 2.24. The number of carbonyl (C=O) groups is 2. The van der Waals surface area contributed by atoms with Crippen LogP contribution in [0, 0.1) is 5.92 Å². The van der Waals surface area contributed by atoms with Crippen LogP contribution in [0.1, 0.15) is 45.6 Å². The zero-order valence-electron chi connectivity index (χ0n) is 21.2. The molecule has 2 amide bonds. The Balaban J connectivity index is 2.23. The van der Waals surface area contributed by atoms with Crippen molar-refractivity contribution in [2.45, 2.75) is 52.6 Å². The molecule has 0 saturated heterocycles. The van der Waals surface area contributed by atoms with Gasteiger partial charge in [0.05, 0.1) is 11.9 Å². The molecule has 0 spiro atoms. The van der Waals surface area contributed by atoms with Crippen molar-refractivity contribution in [1.29, 1.82) is 0 Å². The first-order chi connectivity index (χ1) is 16.9. The van der Waals surface area contributed by atoms with E-state index in [0.29, 0.717) is 34.3 Å². The molecule has 2 aromatic carbocycles. The van der Waals surface area contributed by atoms with E-state index in [2.05, 4.69) is 5.32 Å². The number of halogens is 2. The summed E-state index contributed by atoms with van der Waals surface area (Å²) in [6.45, 7) is 6.62. The highest BCUT2D eigenvalue weighted by molar-refractivity contribution is 7.92. The molecule has 1 atom stereocenters. The number of nitrogens with zero attached hydrogens (tertiary/aromatic N) is 2. The van der Waals surface area contributed by atoms with E-state index in [0.717, 1.165) is 6.26 Å². The van der Waals surface area contributed by atoms with Gasteiger partial charge in [0.1, 0.15) is 6.04 Å². The number of nitrogens with one attached hydrogen (secondary N) is 1. The molecule has 0 aromatic heterocycles. The van der Waals surface area contributed by atoms with Crippen molar-refractivity contribution in [2.24, 2.45) is 5.92 Å². The highest BCUT2D eigenvalue weighted by Gasteiger charge is 2.29. The first kappa shape index (κ1) is 29.9. The summed E-state index contributed by atoms with van der Waals surface area (Å²) in [4.78, 5) is 28.0. The summed E-state index contributed by atoms with van der Waals surface area (Å²) >= 11 is 12.4. The molecule has 0 heterocycles. The number of hydrogen-bond donors (Lipinski definition) is 1. The minimum Gasteiger partial charge on any atom is -0.354 e. The van der Waals surface area contributed by atoms with Crippen LogP contribution in [-0.2, 0) is 26.2 Å². The Kier molecular flexibility index (Phi) is 11.5. The van der Waals surface area contributed by atoms with Gasteiger partial charge in [-0.25, -0.2) is 8.42 Å². The van der Waals surface area contributed by atoms with Gasteiger partial charge >= 0.3 is 0 Å². The van der Waals surface area contributed by atoms with Crippen molar-refractivity contribution in [3.63, 3.8) is 0 Å². The minimum atomic E-state index is -3.53. The van der Waals surface area contributed by atoms with Crippen LogP contribution in [0.15, 0.2) is 48.5 Å². The van der Waals surface area contributed by atoms with E-state index in [1.54, 1.807) is 42.5 Å². The third-order valence-corrected chi connectivity index (χ3v) is 7.40. The Hall–Kier alpha value is -2.29. The van der Waals surface area contributed by atoms with Crippen LogP contribution < -0.4 is 9.62 Å². The van der Waals surface area contributed by atoms with Crippen LogP contribution in [0.25, 0.3) is 0 Å². The van der Waals surface area contributed by atoms with E-state index in [4.69, 9.17) is 23.2 Å². The minimum absolute atomic E-state index is 0.0675. The first-order valence-electron chi connectivity index (χ1n) is 12.0. The van der Waals surface area contributed by atoms with Crippen molar-refractivity contribution in [3.05, 3.63) is 64.1 Å². The van der Waals surface area contributed by atoms with Crippen molar-refractivity contribution in [1.82, 2.24) is 10.2 Å². The van der Waals surface area contributed by atoms with Crippen LogP contribution >= 0.6 is 23.2 Å². The number of amides is 2. The average molecular weight is 557 g/mol. The Morgan fingerprint density at radius 3 is 2.28 bits per heavy atom. The van der Waals surface area contributed by atoms with Gasteiger partial charge in [-0.15, -0.1) is 0 Å². The van der Waals surface area contributed by atoms with E-state index in [-0.39, 0.29) is 43.7 Å². The normalized spacial score (nSPS) is 12.3. The number of para-hydroxylation sites is 1. The van der Waals surface area contributed by atoms with Gasteiger partial charge in [0.2, 0.25) is 21.8 Å². The lowest BCUT2D eigenvalue weighted by molar-refractivity contribution is -0.141. The fraction of sp³-hybridized carbons (Fsp3) is 0.462. The molecule has 2 rings (SSSR count). The highest BCUT2D eigenvalue weighted by atomic mass is 35.5. The summed E-state index contributed by atoms with van der Waals surface area (Å²) in [5, 5.41) is 3.80. The van der Waals surface area contributed by atoms with E-state index in [1.165, 1.54) is 9.21 Å². The van der Waals surface area contributed by atoms with Crippen LogP contribution in [0.2, 0.25) is 10.0 Å². The maximum absolute atomic E-state index is 13.4. The van der Waals surface area contributed by atoms with Gasteiger partial charge in [0, 0.05) is 36.1 Å². The van der Waals surface area contributed by atoms with Crippen molar-refractivity contribution in [3.8, 4) is 0 Å². The Morgan fingerprint density at radius 2 is 1.72 bits per heavy atom. The van der Waals surface area contributed by atoms with Crippen LogP contribution in [0.3, 0.4) is 0 Å². The van der Waals surface area contributed by atoms with E-state index < -0.39 is 16.1 Å². The SMILES string of the molecule is CCC(C(=O)NCC(C)C)N(Cc1ccc(Cl)cc1Cl)C(=O)CCCN(c1ccccc1)S(C)(=O)=O. The lowest BCUT2D eigenvalue weighted by Gasteiger charge is -2.31. The Labute approximate surface area is 224 Å². The molecule has 198 valence electrons. The summed E-state index contributed by atoms with van der Waals surface area (Å²) in [6, 6.07) is 13.1. The standard InChI is InChI=1S/C26H35Cl2N3O4S/c1-5-24(26(33)29-17-19(2)3)30(18-20-13-14-21(27)16-23(20)28)25(32)12-9-15-31(36(4,34)35)22-10-7-6-8-11-22/h6-8,10-11,13-14,16,19,24H,5,9,12,15,17-18H2,1-4H3,(H,29,33). The van der Waals surface area contributed by atoms with E-state index >= 15 is 0 Å². The molecular formula is C26H35Cl2N3O4S. The molecule has 0 aliphatic carbocycles. The number of sulfonamides is 1. The Morgan fingerprint density at radius 1 is 1.06 bits per heavy atom. The van der Waals surface area contributed by atoms with Crippen LogP contribution in [0.5, 0.6) is 0 Å². The molecule has 0 aliphatic heterocycles. The number of anilines is 1. The molecule has 1 unspecified atom stereocenters. The molecule has 0 saturated carbocycles. The van der Waals surface area contributed by atoms with Gasteiger partial charge in [0.15, 0.2) is 0 Å². The van der Waals surface area contributed by atoms with Crippen LogP contribution in [0.4, 0.5) is 5.69 Å². The molecule has 0 bridgehead atoms. The van der Waals surface area contributed by atoms with E-state index in [1.807, 2.05) is 26.8 Å². The van der Waals surface area contributed by atoms with Crippen LogP contribution in [-0.4, -0.2) is 50.5 Å². The maximum Gasteiger partial charge on any atom is 0.242 e. The smallest absolute Gasteiger partial charge is 0.242 e. The Bertz CT molecular complexity index is 1130. The summed E-state index contributed by atoms with van der Waals surface area (Å²) in [5.74, 6) is -0.220. The number of rotatable bonds is 13. The van der Waals surface area contributed by atoms with Gasteiger partial charge in [-0.05, 0) is 48.6 Å². The van der Waals surface area contributed by atoms with Crippen molar-refractivity contribution in [2.75, 3.05) is 23.7 Å². The summed E-state index contributed by atoms with van der Waals surface area (Å²) in [6.07, 6.45) is 1.91. The zero-order chi connectivity index (χ0) is 26.9. The fourth-order valence-electron chi connectivity index (χ4n) is 3.77. The molecule has 1 N–H and O–H groups in total. The van der Waals surface area contributed by atoms with Crippen molar-refractivity contribution < 1.29 is 18.0 Å². The van der Waals surface area contributed by atoms with Gasteiger partial charge < -0.3 is 10.2 Å². The van der Waals surface area contributed by atoms with Crippen molar-refractivity contribution >= 4 is 50.7 Å². The van der Waals surface area contributed by atoms with Gasteiger partial charge in [-0.3, -0.25) is 13.9 Å². The second kappa shape index (κ2) is 13.9. The summed E-state index contributed by atoms with van der Waals surface area (Å²) < 4.78 is 26.0. The lowest BCUT2D eigenvalue weighted by atomic mass is 10.1. The lowest BCUT2D eigenvalue weighted by Crippen LogP contribution is -2.49. The third kappa shape index (κ3) is 8.98. The second-order valence-electron chi connectivity index (χ2n) is 9.09. The largest absolute Gasteiger partial charge is 0.354 e. The average Bonchev–Trinajstić information content (AvgIpc) is 2.81. The molecule has 36 heavy (non-hydrogen) atoms. The number of carbonyl (C=O) groups excluding carboxylic acids is 2. The van der Waals surface area contributed by atoms with Gasteiger partial charge in [-0.1, -0.05) is 68.2 Å². The predicted octanol–water partition coefficient (Wildman–Crippen LogP) is 5.12. The fourth-order valence-corrected chi connectivity index (χ4v) is 5.21. The third-order valence-electron chi connectivity index (χ3n) is 5.62. The van der Waals surface area contributed by atoms with E-state index in [9.17, 15) is 18.0 Å². The number of hydrogen-bond acceptors (Lipinski definition) is 4. The second-order valence-corrected chi connectivity index (χ2v) is 11.8. The quantitative estimate of drug-likeness (QED) is 0.371. The molecular weight excluding hydrogens is 521 g/mol. The summed E-state index contributed by atoms with van der Waals surface area (Å²) in [5.41, 5.74) is 1.21. The summed E-state index contributed by atoms with van der Waals surface area (Å²) in [7, 11) is -3.53. The predicted molar refractivity (Wildman–Crippen MR) is 147 cm³/mol. The molecule has 2 aromatic rings. The topological polar surface area (TPSA) is 86.8 Å². The maximum atomic E-state index is 13.4. The molecule has 0 fully saturated rings. The molecule has 0 radical (unpaired) electrons. The first-order valence-corrected chi connectivity index (χ1v) is 14.6. The molecule has 0 aliphatic rings. The van der Waals surface area contributed by atoms with Gasteiger partial charge in [0.25, 0.3) is 0 Å². The molecule has 7 nitrogen and oxygen atoms in total.